The topological polar surface area (TPSA) is 57.7 Å². The largest absolute Gasteiger partial charge is 0.341 e. The summed E-state index contributed by atoms with van der Waals surface area (Å²) in [4.78, 5) is 14.8. The molecular weight excluding hydrogens is 324 g/mol. The fourth-order valence-corrected chi connectivity index (χ4v) is 4.38. The summed E-state index contributed by atoms with van der Waals surface area (Å²) >= 11 is 0. The first-order chi connectivity index (χ1) is 11.2. The Morgan fingerprint density at radius 1 is 1.25 bits per heavy atom. The molecule has 1 atom stereocenters. The average molecular weight is 353 g/mol. The Bertz CT molecular complexity index is 662. The Labute approximate surface area is 145 Å². The van der Waals surface area contributed by atoms with Crippen LogP contribution in [0, 0.1) is 12.8 Å². The van der Waals surface area contributed by atoms with Gasteiger partial charge in [0.1, 0.15) is 6.04 Å². The third kappa shape index (κ3) is 4.29. The molecule has 0 bridgehead atoms. The van der Waals surface area contributed by atoms with E-state index in [1.54, 1.807) is 12.1 Å². The summed E-state index contributed by atoms with van der Waals surface area (Å²) in [6.45, 7) is 7.42. The molecule has 0 radical (unpaired) electrons. The van der Waals surface area contributed by atoms with Crippen molar-refractivity contribution in [1.82, 2.24) is 4.90 Å². The molecule has 0 aliphatic carbocycles. The van der Waals surface area contributed by atoms with Crippen molar-refractivity contribution in [1.29, 1.82) is 0 Å². The van der Waals surface area contributed by atoms with Crippen molar-refractivity contribution in [2.75, 3.05) is 23.7 Å². The van der Waals surface area contributed by atoms with Crippen LogP contribution >= 0.6 is 0 Å². The van der Waals surface area contributed by atoms with E-state index in [-0.39, 0.29) is 5.91 Å². The van der Waals surface area contributed by atoms with Crippen LogP contribution in [0.4, 0.5) is 5.69 Å². The number of hydrogen-bond acceptors (Lipinski definition) is 3. The van der Waals surface area contributed by atoms with Gasteiger partial charge in [0, 0.05) is 13.1 Å². The van der Waals surface area contributed by atoms with Gasteiger partial charge in [0.05, 0.1) is 11.9 Å². The molecule has 5 nitrogen and oxygen atoms in total. The van der Waals surface area contributed by atoms with Crippen LogP contribution in [0.25, 0.3) is 0 Å². The molecule has 0 unspecified atom stereocenters. The summed E-state index contributed by atoms with van der Waals surface area (Å²) in [6.07, 6.45) is 3.57. The first-order valence-corrected chi connectivity index (χ1v) is 10.4. The highest BCUT2D eigenvalue weighted by Crippen LogP contribution is 2.25. The van der Waals surface area contributed by atoms with Crippen molar-refractivity contribution < 1.29 is 13.2 Å². The van der Waals surface area contributed by atoms with E-state index in [0.717, 1.165) is 18.4 Å². The highest BCUT2D eigenvalue weighted by Gasteiger charge is 2.35. The van der Waals surface area contributed by atoms with E-state index in [4.69, 9.17) is 0 Å². The van der Waals surface area contributed by atoms with Gasteiger partial charge in [-0.15, -0.1) is 0 Å². The van der Waals surface area contributed by atoms with E-state index in [1.807, 2.05) is 30.9 Å². The van der Waals surface area contributed by atoms with Gasteiger partial charge in [-0.2, -0.15) is 0 Å². The SMILES string of the molecule is CC[C@@H](C(=O)N1CCC(C)CC1)N(c1ccc(C)cc1)S(C)(=O)=O. The van der Waals surface area contributed by atoms with Gasteiger partial charge in [-0.3, -0.25) is 9.10 Å². The second-order valence-corrected chi connectivity index (χ2v) is 8.69. The van der Waals surface area contributed by atoms with Crippen molar-refractivity contribution in [3.05, 3.63) is 29.8 Å². The maximum atomic E-state index is 13.0. The number of hydrogen-bond donors (Lipinski definition) is 0. The number of likely N-dealkylation sites (tertiary alicyclic amines) is 1. The van der Waals surface area contributed by atoms with Crippen LogP contribution in [0.3, 0.4) is 0 Å². The number of piperidine rings is 1. The highest BCUT2D eigenvalue weighted by molar-refractivity contribution is 7.92. The van der Waals surface area contributed by atoms with Crippen LogP contribution in [-0.2, 0) is 14.8 Å². The fraction of sp³-hybridized carbons (Fsp3) is 0.611. The van der Waals surface area contributed by atoms with E-state index in [9.17, 15) is 13.2 Å². The zero-order chi connectivity index (χ0) is 17.9. The smallest absolute Gasteiger partial charge is 0.246 e. The molecule has 0 N–H and O–H groups in total. The molecule has 134 valence electrons. The number of amides is 1. The quantitative estimate of drug-likeness (QED) is 0.819. The van der Waals surface area contributed by atoms with Crippen LogP contribution in [0.2, 0.25) is 0 Å². The second kappa shape index (κ2) is 7.55. The Kier molecular flexibility index (Phi) is 5.91. The number of rotatable bonds is 5. The Morgan fingerprint density at radius 3 is 2.25 bits per heavy atom. The molecule has 1 aromatic carbocycles. The lowest BCUT2D eigenvalue weighted by molar-refractivity contribution is -0.133. The molecule has 0 aromatic heterocycles. The normalized spacial score (nSPS) is 17.6. The Hall–Kier alpha value is -1.56. The van der Waals surface area contributed by atoms with E-state index < -0.39 is 16.1 Å². The molecular formula is C18H28N2O3S. The lowest BCUT2D eigenvalue weighted by Gasteiger charge is -2.37. The molecule has 0 spiro atoms. The van der Waals surface area contributed by atoms with Gasteiger partial charge < -0.3 is 4.90 Å². The van der Waals surface area contributed by atoms with Gasteiger partial charge in [-0.25, -0.2) is 8.42 Å². The summed E-state index contributed by atoms with van der Waals surface area (Å²) in [6, 6.07) is 6.59. The zero-order valence-electron chi connectivity index (χ0n) is 15.0. The van der Waals surface area contributed by atoms with Crippen LogP contribution in [-0.4, -0.2) is 44.6 Å². The van der Waals surface area contributed by atoms with Crippen molar-refractivity contribution in [3.63, 3.8) is 0 Å². The lowest BCUT2D eigenvalue weighted by Crippen LogP contribution is -2.52. The van der Waals surface area contributed by atoms with Crippen LogP contribution in [0.15, 0.2) is 24.3 Å². The maximum Gasteiger partial charge on any atom is 0.246 e. The molecule has 1 saturated heterocycles. The third-order valence-electron chi connectivity index (χ3n) is 4.70. The number of carbonyl (C=O) groups is 1. The Balaban J connectivity index is 2.32. The van der Waals surface area contributed by atoms with Crippen molar-refractivity contribution in [2.24, 2.45) is 5.92 Å². The van der Waals surface area contributed by atoms with Gasteiger partial charge in [-0.05, 0) is 44.2 Å². The van der Waals surface area contributed by atoms with Gasteiger partial charge in [0.15, 0.2) is 0 Å². The van der Waals surface area contributed by atoms with E-state index in [1.165, 1.54) is 10.6 Å². The average Bonchev–Trinajstić information content (AvgIpc) is 2.52. The number of anilines is 1. The molecule has 1 heterocycles. The molecule has 2 rings (SSSR count). The maximum absolute atomic E-state index is 13.0. The molecule has 1 amide bonds. The first-order valence-electron chi connectivity index (χ1n) is 8.59. The monoisotopic (exact) mass is 352 g/mol. The summed E-state index contributed by atoms with van der Waals surface area (Å²) in [5.41, 5.74) is 1.60. The van der Waals surface area contributed by atoms with E-state index in [0.29, 0.717) is 31.1 Å². The minimum absolute atomic E-state index is 0.0876. The molecule has 1 fully saturated rings. The third-order valence-corrected chi connectivity index (χ3v) is 5.88. The predicted molar refractivity (Wildman–Crippen MR) is 97.6 cm³/mol. The Morgan fingerprint density at radius 2 is 1.79 bits per heavy atom. The lowest BCUT2D eigenvalue weighted by atomic mass is 9.98. The van der Waals surface area contributed by atoms with Crippen LogP contribution < -0.4 is 4.31 Å². The number of nitrogens with zero attached hydrogens (tertiary/aromatic N) is 2. The number of sulfonamides is 1. The van der Waals surface area contributed by atoms with Gasteiger partial charge in [0.2, 0.25) is 15.9 Å². The summed E-state index contributed by atoms with van der Waals surface area (Å²) < 4.78 is 26.1. The standard InChI is InChI=1S/C18H28N2O3S/c1-5-17(18(21)19-12-10-15(3)11-13-19)20(24(4,22)23)16-8-6-14(2)7-9-16/h6-9,15,17H,5,10-13H2,1-4H3/t17-/m0/s1. The number of carbonyl (C=O) groups excluding carboxylic acids is 1. The number of aryl methyl sites for hydroxylation is 1. The molecule has 1 aromatic rings. The molecule has 1 aliphatic heterocycles. The van der Waals surface area contributed by atoms with Crippen LogP contribution in [0.5, 0.6) is 0 Å². The van der Waals surface area contributed by atoms with Crippen molar-refractivity contribution in [3.8, 4) is 0 Å². The predicted octanol–water partition coefficient (Wildman–Crippen LogP) is 2.80. The van der Waals surface area contributed by atoms with Gasteiger partial charge in [0.25, 0.3) is 0 Å². The first kappa shape index (κ1) is 18.8. The summed E-state index contributed by atoms with van der Waals surface area (Å²) in [7, 11) is -3.55. The zero-order valence-corrected chi connectivity index (χ0v) is 15.8. The fourth-order valence-electron chi connectivity index (χ4n) is 3.17. The van der Waals surface area contributed by atoms with Crippen molar-refractivity contribution >= 4 is 21.6 Å². The molecule has 1 aliphatic rings. The minimum atomic E-state index is -3.55. The van der Waals surface area contributed by atoms with Gasteiger partial charge >= 0.3 is 0 Å². The van der Waals surface area contributed by atoms with E-state index in [2.05, 4.69) is 6.92 Å². The van der Waals surface area contributed by atoms with Crippen molar-refractivity contribution in [2.45, 2.75) is 46.1 Å². The second-order valence-electron chi connectivity index (χ2n) is 6.83. The number of benzene rings is 1. The molecule has 0 saturated carbocycles. The highest BCUT2D eigenvalue weighted by atomic mass is 32.2. The summed E-state index contributed by atoms with van der Waals surface area (Å²) in [5, 5.41) is 0. The van der Waals surface area contributed by atoms with E-state index >= 15 is 0 Å². The van der Waals surface area contributed by atoms with Gasteiger partial charge in [-0.1, -0.05) is 31.5 Å². The minimum Gasteiger partial charge on any atom is -0.341 e. The van der Waals surface area contributed by atoms with Crippen LogP contribution in [0.1, 0.15) is 38.7 Å². The molecule has 6 heteroatoms. The molecule has 24 heavy (non-hydrogen) atoms. The summed E-state index contributed by atoms with van der Waals surface area (Å²) in [5.74, 6) is 0.535.